The van der Waals surface area contributed by atoms with E-state index in [0.29, 0.717) is 26.1 Å². The number of hydrogen-bond donors (Lipinski definition) is 3. The second kappa shape index (κ2) is 13.9. The summed E-state index contributed by atoms with van der Waals surface area (Å²) in [4.78, 5) is 12.7. The number of aliphatic carboxylic acids is 1. The normalized spacial score (nSPS) is 18.1. The predicted molar refractivity (Wildman–Crippen MR) is 180 cm³/mol. The Morgan fingerprint density at radius 2 is 1.51 bits per heavy atom. The molecule has 0 saturated heterocycles. The Morgan fingerprint density at radius 1 is 0.872 bits per heavy atom. The molecule has 0 aromatic heterocycles. The van der Waals surface area contributed by atoms with Crippen LogP contribution >= 0.6 is 0 Å². The molecule has 0 unspecified atom stereocenters. The van der Waals surface area contributed by atoms with Crippen molar-refractivity contribution >= 4 is 43.3 Å². The van der Waals surface area contributed by atoms with Crippen LogP contribution in [0.4, 0.5) is 11.4 Å². The predicted octanol–water partition coefficient (Wildman–Crippen LogP) is 5.64. The van der Waals surface area contributed by atoms with Gasteiger partial charge in [0.1, 0.15) is 6.54 Å². The molecule has 0 radical (unpaired) electrons. The summed E-state index contributed by atoms with van der Waals surface area (Å²) in [5.74, 6) is -0.832. The van der Waals surface area contributed by atoms with Crippen LogP contribution in [0, 0.1) is 0 Å². The van der Waals surface area contributed by atoms with E-state index in [2.05, 4.69) is 9.48 Å². The van der Waals surface area contributed by atoms with Crippen LogP contribution < -0.4 is 4.90 Å². The number of carbonyl (C=O) groups is 1. The molecule has 47 heavy (non-hydrogen) atoms. The van der Waals surface area contributed by atoms with Gasteiger partial charge in [0.15, 0.2) is 5.71 Å². The zero-order chi connectivity index (χ0) is 34.8. The van der Waals surface area contributed by atoms with Gasteiger partial charge in [-0.2, -0.15) is 21.4 Å². The number of fused-ring (bicyclic) bond motifs is 2. The fraction of sp³-hybridized carbons (Fsp3) is 0.412. The van der Waals surface area contributed by atoms with Crippen molar-refractivity contribution in [2.75, 3.05) is 31.7 Å². The molecule has 0 saturated carbocycles. The van der Waals surface area contributed by atoms with E-state index in [1.54, 1.807) is 19.2 Å². The van der Waals surface area contributed by atoms with Gasteiger partial charge < -0.3 is 14.7 Å². The second-order valence-corrected chi connectivity index (χ2v) is 15.6. The lowest BCUT2D eigenvalue weighted by Gasteiger charge is -2.26. The average Bonchev–Trinajstić information content (AvgIpc) is 3.32. The summed E-state index contributed by atoms with van der Waals surface area (Å²) in [5.41, 5.74) is 3.84. The van der Waals surface area contributed by atoms with E-state index in [0.717, 1.165) is 46.8 Å². The Balaban J connectivity index is 1.67. The molecular formula is C34H43N2O9S2+. The van der Waals surface area contributed by atoms with Gasteiger partial charge >= 0.3 is 5.97 Å². The van der Waals surface area contributed by atoms with Gasteiger partial charge in [0.05, 0.1) is 21.8 Å². The molecule has 0 aliphatic carbocycles. The van der Waals surface area contributed by atoms with Crippen molar-refractivity contribution in [3.63, 3.8) is 0 Å². The topological polar surface area (TPSA) is 162 Å². The minimum absolute atomic E-state index is 0.100. The van der Waals surface area contributed by atoms with Gasteiger partial charge in [0, 0.05) is 61.0 Å². The number of methoxy groups -OCH3 is 1. The number of ether oxygens (including phenoxy) is 1. The number of carboxylic acid groups (broad SMARTS) is 1. The Kier molecular flexibility index (Phi) is 10.7. The van der Waals surface area contributed by atoms with Crippen molar-refractivity contribution in [1.82, 2.24) is 0 Å². The maximum Gasteiger partial charge on any atom is 0.303 e. The van der Waals surface area contributed by atoms with Gasteiger partial charge in [-0.05, 0) is 68.7 Å². The quantitative estimate of drug-likeness (QED) is 0.0981. The maximum absolute atomic E-state index is 11.9. The van der Waals surface area contributed by atoms with Gasteiger partial charge in [-0.15, -0.1) is 0 Å². The van der Waals surface area contributed by atoms with Crippen LogP contribution in [0.5, 0.6) is 0 Å². The third-order valence-electron chi connectivity index (χ3n) is 8.84. The molecule has 254 valence electrons. The van der Waals surface area contributed by atoms with Crippen molar-refractivity contribution in [2.24, 2.45) is 0 Å². The molecule has 11 nitrogen and oxygen atoms in total. The molecule has 0 atom stereocenters. The fourth-order valence-corrected chi connectivity index (χ4v) is 7.39. The van der Waals surface area contributed by atoms with E-state index in [4.69, 9.17) is 9.84 Å². The van der Waals surface area contributed by atoms with Crippen molar-refractivity contribution in [3.05, 3.63) is 83.6 Å². The highest BCUT2D eigenvalue weighted by atomic mass is 32.2. The van der Waals surface area contributed by atoms with Crippen LogP contribution in [-0.4, -0.2) is 74.1 Å². The molecule has 2 aromatic carbocycles. The summed E-state index contributed by atoms with van der Waals surface area (Å²) >= 11 is 0. The summed E-state index contributed by atoms with van der Waals surface area (Å²) in [5, 5.41) is 8.99. The van der Waals surface area contributed by atoms with Crippen LogP contribution in [-0.2, 0) is 40.6 Å². The third-order valence-corrected chi connectivity index (χ3v) is 10.5. The SMILES string of the molecule is COCCN1C(=CC=CC=CC2=[N+](CCCCCC(=O)O)c3ccc(S(=O)(=O)O)cc3C2(C)C)C(C)(C)c2cc(S(=O)(=O)O)ccc21. The highest BCUT2D eigenvalue weighted by molar-refractivity contribution is 7.86. The highest BCUT2D eigenvalue weighted by Crippen LogP contribution is 2.48. The summed E-state index contributed by atoms with van der Waals surface area (Å²) in [6.07, 6.45) is 11.7. The van der Waals surface area contributed by atoms with Crippen LogP contribution in [0.15, 0.2) is 82.3 Å². The van der Waals surface area contributed by atoms with Gasteiger partial charge in [0.25, 0.3) is 20.2 Å². The first-order valence-electron chi connectivity index (χ1n) is 15.3. The first kappa shape index (κ1) is 36.2. The largest absolute Gasteiger partial charge is 0.481 e. The number of nitrogens with zero attached hydrogens (tertiary/aromatic N) is 2. The molecule has 13 heteroatoms. The van der Waals surface area contributed by atoms with E-state index in [-0.39, 0.29) is 16.2 Å². The lowest BCUT2D eigenvalue weighted by molar-refractivity contribution is -0.438. The smallest absolute Gasteiger partial charge is 0.303 e. The van der Waals surface area contributed by atoms with Gasteiger partial charge in [-0.25, -0.2) is 0 Å². The van der Waals surface area contributed by atoms with E-state index in [1.807, 2.05) is 58.1 Å². The lowest BCUT2D eigenvalue weighted by atomic mass is 9.81. The number of hydrogen-bond acceptors (Lipinski definition) is 7. The number of carboxylic acids is 1. The van der Waals surface area contributed by atoms with Crippen LogP contribution in [0.2, 0.25) is 0 Å². The van der Waals surface area contributed by atoms with E-state index < -0.39 is 37.0 Å². The maximum atomic E-state index is 11.9. The molecule has 0 spiro atoms. The Labute approximate surface area is 277 Å². The number of rotatable bonds is 14. The molecule has 3 N–H and O–H groups in total. The second-order valence-electron chi connectivity index (χ2n) is 12.7. The number of allylic oxidation sites excluding steroid dienone is 6. The van der Waals surface area contributed by atoms with Crippen molar-refractivity contribution in [3.8, 4) is 0 Å². The van der Waals surface area contributed by atoms with Crippen LogP contribution in [0.3, 0.4) is 0 Å². The molecule has 2 aliphatic rings. The zero-order valence-electron chi connectivity index (χ0n) is 27.3. The highest BCUT2D eigenvalue weighted by Gasteiger charge is 2.45. The van der Waals surface area contributed by atoms with Gasteiger partial charge in [-0.3, -0.25) is 13.9 Å². The molecule has 4 rings (SSSR count). The number of benzene rings is 2. The molecule has 2 aliphatic heterocycles. The third kappa shape index (κ3) is 7.76. The minimum atomic E-state index is -4.40. The Morgan fingerprint density at radius 3 is 2.13 bits per heavy atom. The van der Waals surface area contributed by atoms with Crippen molar-refractivity contribution < 1.29 is 45.2 Å². The number of anilines is 1. The van der Waals surface area contributed by atoms with Crippen LogP contribution in [0.25, 0.3) is 0 Å². The monoisotopic (exact) mass is 687 g/mol. The average molecular weight is 688 g/mol. The van der Waals surface area contributed by atoms with Gasteiger partial charge in [-0.1, -0.05) is 32.1 Å². The molecule has 0 amide bonds. The van der Waals surface area contributed by atoms with E-state index in [9.17, 15) is 30.7 Å². The minimum Gasteiger partial charge on any atom is -0.481 e. The standard InChI is InChI=1S/C34H42N2O9S2/c1-33(2)26-22-24(46(39,40)41)15-17-28(26)35(19-11-7-10-14-32(37)38)30(33)12-8-6-9-13-31-34(3,4)27-23-25(47(42,43)44)16-18-29(27)36(31)20-21-45-5/h6,8-9,12-13,15-18,22-23H,7,10-11,14,19-21H2,1-5H3,(H2-,37,38,39,40,41,42,43,44)/p+1. The molecule has 2 aromatic rings. The van der Waals surface area contributed by atoms with Gasteiger partial charge in [0.2, 0.25) is 5.69 Å². The van der Waals surface area contributed by atoms with Crippen molar-refractivity contribution in [2.45, 2.75) is 74.0 Å². The number of unbranched alkanes of at least 4 members (excludes halogenated alkanes) is 2. The molecule has 0 bridgehead atoms. The Hall–Kier alpha value is -3.62. The first-order chi connectivity index (χ1) is 21.9. The van der Waals surface area contributed by atoms with Crippen LogP contribution in [0.1, 0.15) is 64.5 Å². The summed E-state index contributed by atoms with van der Waals surface area (Å²) in [6.45, 7) is 9.53. The summed E-state index contributed by atoms with van der Waals surface area (Å²) in [7, 11) is -7.16. The summed E-state index contributed by atoms with van der Waals surface area (Å²) < 4.78 is 74.4. The molecule has 0 fully saturated rings. The summed E-state index contributed by atoms with van der Waals surface area (Å²) in [6, 6.07) is 9.18. The lowest BCUT2D eigenvalue weighted by Crippen LogP contribution is -2.28. The van der Waals surface area contributed by atoms with Crippen molar-refractivity contribution in [1.29, 1.82) is 0 Å². The fourth-order valence-electron chi connectivity index (χ4n) is 6.37. The first-order valence-corrected chi connectivity index (χ1v) is 18.2. The van der Waals surface area contributed by atoms with E-state index >= 15 is 0 Å². The molecule has 2 heterocycles. The van der Waals surface area contributed by atoms with E-state index in [1.165, 1.54) is 24.3 Å². The Bertz CT molecular complexity index is 1890. The molecular weight excluding hydrogens is 645 g/mol. The zero-order valence-corrected chi connectivity index (χ0v) is 28.9.